The summed E-state index contributed by atoms with van der Waals surface area (Å²) in [6.45, 7) is 3.41. The van der Waals surface area contributed by atoms with Crippen LogP contribution in [0.5, 0.6) is 11.5 Å². The molecule has 150 valence electrons. The van der Waals surface area contributed by atoms with Crippen molar-refractivity contribution in [3.8, 4) is 11.5 Å². The Bertz CT molecular complexity index is 758. The van der Waals surface area contributed by atoms with Crippen molar-refractivity contribution in [2.45, 2.75) is 13.3 Å². The third-order valence-corrected chi connectivity index (χ3v) is 3.93. The van der Waals surface area contributed by atoms with E-state index in [1.807, 2.05) is 48.5 Å². The number of carbonyl (C=O) groups excluding carboxylic acids is 1. The first kappa shape index (κ1) is 21.1. The van der Waals surface area contributed by atoms with Crippen LogP contribution in [0.15, 0.2) is 53.5 Å². The zero-order valence-electron chi connectivity index (χ0n) is 16.6. The second-order valence-electron chi connectivity index (χ2n) is 6.08. The molecule has 3 N–H and O–H groups in total. The molecule has 0 bridgehead atoms. The Morgan fingerprint density at radius 3 is 2.21 bits per heavy atom. The number of carbonyl (C=O) groups is 1. The molecule has 0 aliphatic rings. The smallest absolute Gasteiger partial charge is 0.221 e. The lowest BCUT2D eigenvalue weighted by Crippen LogP contribution is -2.40. The average Bonchev–Trinajstić information content (AvgIpc) is 2.71. The van der Waals surface area contributed by atoms with E-state index in [2.05, 4.69) is 20.9 Å². The first-order valence-corrected chi connectivity index (χ1v) is 9.18. The fourth-order valence-corrected chi connectivity index (χ4v) is 2.51. The predicted octanol–water partition coefficient (Wildman–Crippen LogP) is 2.44. The van der Waals surface area contributed by atoms with Crippen LogP contribution in [-0.4, -0.2) is 45.7 Å². The summed E-state index contributed by atoms with van der Waals surface area (Å²) < 4.78 is 10.8. The summed E-state index contributed by atoms with van der Waals surface area (Å²) in [4.78, 5) is 15.2. The molecule has 2 aromatic rings. The molecule has 7 nitrogen and oxygen atoms in total. The number of ether oxygens (including phenoxy) is 2. The number of nitrogens with zero attached hydrogens (tertiary/aromatic N) is 1. The third kappa shape index (κ3) is 7.57. The number of guanidine groups is 1. The molecule has 0 aliphatic heterocycles. The highest BCUT2D eigenvalue weighted by Gasteiger charge is 2.00. The molecule has 0 saturated heterocycles. The van der Waals surface area contributed by atoms with E-state index in [1.165, 1.54) is 12.5 Å². The minimum atomic E-state index is -0.0692. The largest absolute Gasteiger partial charge is 0.497 e. The number of amides is 1. The van der Waals surface area contributed by atoms with Crippen LogP contribution < -0.4 is 25.4 Å². The lowest BCUT2D eigenvalue weighted by Gasteiger charge is -2.13. The summed E-state index contributed by atoms with van der Waals surface area (Å²) >= 11 is 0. The molecular formula is C21H28N4O3. The molecule has 2 aromatic carbocycles. The van der Waals surface area contributed by atoms with Crippen molar-refractivity contribution >= 4 is 17.6 Å². The van der Waals surface area contributed by atoms with Gasteiger partial charge in [-0.15, -0.1) is 0 Å². The maximum atomic E-state index is 11.0. The minimum Gasteiger partial charge on any atom is -0.497 e. The number of hydrogen-bond donors (Lipinski definition) is 3. The molecule has 0 spiro atoms. The van der Waals surface area contributed by atoms with E-state index >= 15 is 0 Å². The van der Waals surface area contributed by atoms with Crippen LogP contribution in [0.4, 0.5) is 5.69 Å². The summed E-state index contributed by atoms with van der Waals surface area (Å²) in [7, 11) is 3.38. The zero-order valence-corrected chi connectivity index (χ0v) is 16.6. The van der Waals surface area contributed by atoms with E-state index in [-0.39, 0.29) is 5.91 Å². The molecule has 0 radical (unpaired) electrons. The van der Waals surface area contributed by atoms with Crippen molar-refractivity contribution in [1.82, 2.24) is 10.6 Å². The van der Waals surface area contributed by atoms with E-state index in [0.29, 0.717) is 13.2 Å². The standard InChI is InChI=1S/C21H28N4O3/c1-16(26)25-18-6-4-17(5-7-18)12-13-23-21(22-2)24-14-15-28-20-10-8-19(27-3)9-11-20/h4-11H,12-15H2,1-3H3,(H,25,26)(H2,22,23,24). The highest BCUT2D eigenvalue weighted by molar-refractivity contribution is 5.88. The van der Waals surface area contributed by atoms with Crippen LogP contribution in [0.2, 0.25) is 0 Å². The van der Waals surface area contributed by atoms with Crippen LogP contribution in [0.1, 0.15) is 12.5 Å². The van der Waals surface area contributed by atoms with Gasteiger partial charge in [-0.1, -0.05) is 12.1 Å². The molecular weight excluding hydrogens is 356 g/mol. The first-order valence-electron chi connectivity index (χ1n) is 9.18. The molecule has 7 heteroatoms. The first-order chi connectivity index (χ1) is 13.6. The number of methoxy groups -OCH3 is 1. The van der Waals surface area contributed by atoms with Gasteiger partial charge in [0, 0.05) is 26.2 Å². The van der Waals surface area contributed by atoms with Crippen LogP contribution in [0, 0.1) is 0 Å². The van der Waals surface area contributed by atoms with Gasteiger partial charge in [0.15, 0.2) is 5.96 Å². The number of rotatable bonds is 9. The highest BCUT2D eigenvalue weighted by Crippen LogP contribution is 2.16. The van der Waals surface area contributed by atoms with Gasteiger partial charge < -0.3 is 25.4 Å². The predicted molar refractivity (Wildman–Crippen MR) is 112 cm³/mol. The van der Waals surface area contributed by atoms with Gasteiger partial charge in [-0.3, -0.25) is 9.79 Å². The molecule has 0 saturated carbocycles. The van der Waals surface area contributed by atoms with E-state index in [0.717, 1.165) is 36.1 Å². The Kier molecular flexibility index (Phi) is 8.65. The second-order valence-corrected chi connectivity index (χ2v) is 6.08. The van der Waals surface area contributed by atoms with Crippen LogP contribution in [0.3, 0.4) is 0 Å². The van der Waals surface area contributed by atoms with Gasteiger partial charge in [0.1, 0.15) is 18.1 Å². The quantitative estimate of drug-likeness (QED) is 0.351. The lowest BCUT2D eigenvalue weighted by atomic mass is 10.1. The fourth-order valence-electron chi connectivity index (χ4n) is 2.51. The summed E-state index contributed by atoms with van der Waals surface area (Å²) in [5.41, 5.74) is 1.98. The molecule has 0 aromatic heterocycles. The van der Waals surface area contributed by atoms with Gasteiger partial charge in [0.2, 0.25) is 5.91 Å². The topological polar surface area (TPSA) is 84.0 Å². The Morgan fingerprint density at radius 2 is 1.61 bits per heavy atom. The number of aliphatic imine (C=N–C) groups is 1. The number of benzene rings is 2. The maximum absolute atomic E-state index is 11.0. The van der Waals surface area contributed by atoms with Gasteiger partial charge in [-0.2, -0.15) is 0 Å². The van der Waals surface area contributed by atoms with Crippen molar-refractivity contribution in [3.63, 3.8) is 0 Å². The van der Waals surface area contributed by atoms with Gasteiger partial charge >= 0.3 is 0 Å². The molecule has 0 fully saturated rings. The van der Waals surface area contributed by atoms with Crippen LogP contribution in [-0.2, 0) is 11.2 Å². The number of anilines is 1. The average molecular weight is 384 g/mol. The molecule has 0 aliphatic carbocycles. The monoisotopic (exact) mass is 384 g/mol. The fraction of sp³-hybridized carbons (Fsp3) is 0.333. The van der Waals surface area contributed by atoms with Gasteiger partial charge in [0.25, 0.3) is 0 Å². The van der Waals surface area contributed by atoms with E-state index in [1.54, 1.807) is 14.2 Å². The van der Waals surface area contributed by atoms with Gasteiger partial charge in [-0.05, 0) is 48.4 Å². The summed E-state index contributed by atoms with van der Waals surface area (Å²) in [5.74, 6) is 2.27. The summed E-state index contributed by atoms with van der Waals surface area (Å²) in [6, 6.07) is 15.3. The van der Waals surface area contributed by atoms with E-state index in [9.17, 15) is 4.79 Å². The second kappa shape index (κ2) is 11.5. The molecule has 0 atom stereocenters. The highest BCUT2D eigenvalue weighted by atomic mass is 16.5. The number of hydrogen-bond acceptors (Lipinski definition) is 4. The van der Waals surface area contributed by atoms with Crippen molar-refractivity contribution in [2.75, 3.05) is 39.2 Å². The van der Waals surface area contributed by atoms with E-state index < -0.39 is 0 Å². The Morgan fingerprint density at radius 1 is 0.964 bits per heavy atom. The molecule has 2 rings (SSSR count). The lowest BCUT2D eigenvalue weighted by molar-refractivity contribution is -0.114. The molecule has 0 heterocycles. The maximum Gasteiger partial charge on any atom is 0.221 e. The van der Waals surface area contributed by atoms with Crippen molar-refractivity contribution in [2.24, 2.45) is 4.99 Å². The Balaban J connectivity index is 1.64. The van der Waals surface area contributed by atoms with E-state index in [4.69, 9.17) is 9.47 Å². The van der Waals surface area contributed by atoms with Gasteiger partial charge in [-0.25, -0.2) is 0 Å². The summed E-state index contributed by atoms with van der Waals surface area (Å²) in [6.07, 6.45) is 0.851. The molecule has 1 amide bonds. The Labute approximate surface area is 166 Å². The van der Waals surface area contributed by atoms with Crippen molar-refractivity contribution in [3.05, 3.63) is 54.1 Å². The third-order valence-electron chi connectivity index (χ3n) is 3.93. The van der Waals surface area contributed by atoms with Crippen LogP contribution in [0.25, 0.3) is 0 Å². The van der Waals surface area contributed by atoms with Crippen molar-refractivity contribution in [1.29, 1.82) is 0 Å². The SMILES string of the molecule is CN=C(NCCOc1ccc(OC)cc1)NCCc1ccc(NC(C)=O)cc1. The minimum absolute atomic E-state index is 0.0692. The summed E-state index contributed by atoms with van der Waals surface area (Å²) in [5, 5.41) is 9.26. The molecule has 28 heavy (non-hydrogen) atoms. The van der Waals surface area contributed by atoms with Crippen LogP contribution >= 0.6 is 0 Å². The normalized spacial score (nSPS) is 10.9. The molecule has 0 unspecified atom stereocenters. The zero-order chi connectivity index (χ0) is 20.2. The van der Waals surface area contributed by atoms with Crippen molar-refractivity contribution < 1.29 is 14.3 Å². The Hall–Kier alpha value is -3.22. The number of nitrogens with one attached hydrogen (secondary N) is 3. The van der Waals surface area contributed by atoms with Gasteiger partial charge in [0.05, 0.1) is 13.7 Å².